The minimum absolute atomic E-state index is 0.665. The van der Waals surface area contributed by atoms with Crippen LogP contribution in [0.25, 0.3) is 0 Å². The van der Waals surface area contributed by atoms with E-state index in [2.05, 4.69) is 0 Å². The summed E-state index contributed by atoms with van der Waals surface area (Å²) in [5.74, 6) is -2.03. The number of guanidine groups is 1. The van der Waals surface area contributed by atoms with E-state index < -0.39 is 30.8 Å². The summed E-state index contributed by atoms with van der Waals surface area (Å²) in [6.07, 6.45) is -3.62. The van der Waals surface area contributed by atoms with Crippen molar-refractivity contribution in [2.45, 2.75) is 18.9 Å². The zero-order chi connectivity index (χ0) is 9.72. The van der Waals surface area contributed by atoms with Crippen LogP contribution in [0.1, 0.15) is 6.42 Å². The van der Waals surface area contributed by atoms with Crippen molar-refractivity contribution in [1.82, 2.24) is 5.32 Å². The third kappa shape index (κ3) is 4.42. The van der Waals surface area contributed by atoms with Crippen LogP contribution in [-0.4, -0.2) is 29.5 Å². The van der Waals surface area contributed by atoms with Gasteiger partial charge >= 0.3 is 5.97 Å². The number of rotatable bonds is 4. The number of hydrogen-bond acceptors (Lipinski definition) is 2. The van der Waals surface area contributed by atoms with Crippen molar-refractivity contribution in [2.24, 2.45) is 5.73 Å². The Kier molecular flexibility index (Phi) is 3.95. The van der Waals surface area contributed by atoms with E-state index in [1.165, 1.54) is 0 Å². The third-order valence-corrected chi connectivity index (χ3v) is 1.04. The molecule has 0 aromatic rings. The lowest BCUT2D eigenvalue weighted by atomic mass is 10.2. The molecule has 0 aliphatic heterocycles. The number of carboxylic acids is 1. The van der Waals surface area contributed by atoms with Gasteiger partial charge in [-0.1, -0.05) is 0 Å². The van der Waals surface area contributed by atoms with Crippen LogP contribution in [0.5, 0.6) is 0 Å². The summed E-state index contributed by atoms with van der Waals surface area (Å²) in [4.78, 5) is 10.0. The van der Waals surface area contributed by atoms with Crippen LogP contribution < -0.4 is 11.1 Å². The number of alkyl halides is 2. The quantitative estimate of drug-likeness (QED) is 0.349. The predicted molar refractivity (Wildman–Crippen MR) is 37.1 cm³/mol. The van der Waals surface area contributed by atoms with Crippen LogP contribution in [0.2, 0.25) is 0 Å². The van der Waals surface area contributed by atoms with Crippen LogP contribution in [0.15, 0.2) is 0 Å². The monoisotopic (exact) mass is 181 g/mol. The van der Waals surface area contributed by atoms with Gasteiger partial charge in [-0.25, -0.2) is 8.78 Å². The summed E-state index contributed by atoms with van der Waals surface area (Å²) >= 11 is 0. The van der Waals surface area contributed by atoms with E-state index in [0.29, 0.717) is 0 Å². The second kappa shape index (κ2) is 4.47. The fourth-order valence-corrected chi connectivity index (χ4v) is 0.591. The molecule has 1 atom stereocenters. The largest absolute Gasteiger partial charge is 0.481 e. The number of carbonyl (C=O) groups is 1. The highest BCUT2D eigenvalue weighted by Crippen LogP contribution is 2.04. The van der Waals surface area contributed by atoms with Gasteiger partial charge in [0.1, 0.15) is 6.04 Å². The molecule has 0 amide bonds. The van der Waals surface area contributed by atoms with Crippen molar-refractivity contribution in [1.29, 1.82) is 5.41 Å². The first-order valence-corrected chi connectivity index (χ1v) is 3.04. The van der Waals surface area contributed by atoms with E-state index in [1.807, 2.05) is 5.32 Å². The smallest absolute Gasteiger partial charge is 0.305 e. The van der Waals surface area contributed by atoms with Crippen molar-refractivity contribution in [3.8, 4) is 0 Å². The molecule has 0 fully saturated rings. The van der Waals surface area contributed by atoms with Crippen molar-refractivity contribution >= 4 is 11.9 Å². The average Bonchev–Trinajstić information content (AvgIpc) is 1.83. The van der Waals surface area contributed by atoms with Crippen molar-refractivity contribution in [2.75, 3.05) is 0 Å². The maximum absolute atomic E-state index is 11.9. The molecule has 0 saturated carbocycles. The lowest BCUT2D eigenvalue weighted by molar-refractivity contribution is -0.138. The Labute approximate surface area is 67.1 Å². The lowest BCUT2D eigenvalue weighted by Crippen LogP contribution is -2.44. The molecule has 0 saturated heterocycles. The van der Waals surface area contributed by atoms with Crippen molar-refractivity contribution in [3.63, 3.8) is 0 Å². The SMILES string of the molecule is N=C(N)NC(CC(=O)O)C(F)F. The van der Waals surface area contributed by atoms with Crippen LogP contribution in [0.4, 0.5) is 8.78 Å². The molecule has 12 heavy (non-hydrogen) atoms. The number of halogens is 2. The maximum atomic E-state index is 11.9. The van der Waals surface area contributed by atoms with Crippen LogP contribution in [0, 0.1) is 5.41 Å². The van der Waals surface area contributed by atoms with Gasteiger partial charge in [0.25, 0.3) is 6.43 Å². The van der Waals surface area contributed by atoms with Gasteiger partial charge < -0.3 is 16.2 Å². The number of hydrogen-bond donors (Lipinski definition) is 4. The van der Waals surface area contributed by atoms with E-state index in [0.717, 1.165) is 0 Å². The van der Waals surface area contributed by atoms with E-state index in [9.17, 15) is 13.6 Å². The first kappa shape index (κ1) is 10.6. The van der Waals surface area contributed by atoms with E-state index >= 15 is 0 Å². The zero-order valence-corrected chi connectivity index (χ0v) is 6.05. The van der Waals surface area contributed by atoms with Gasteiger partial charge in [0.2, 0.25) is 0 Å². The van der Waals surface area contributed by atoms with Gasteiger partial charge in [-0.2, -0.15) is 0 Å². The van der Waals surface area contributed by atoms with Gasteiger partial charge in [0.05, 0.1) is 6.42 Å². The Hall–Kier alpha value is -1.40. The molecule has 1 unspecified atom stereocenters. The highest BCUT2D eigenvalue weighted by Gasteiger charge is 2.23. The molecular weight excluding hydrogens is 172 g/mol. The minimum atomic E-state index is -2.86. The fraction of sp³-hybridized carbons (Fsp3) is 0.600. The van der Waals surface area contributed by atoms with Crippen LogP contribution in [0.3, 0.4) is 0 Å². The first-order chi connectivity index (χ1) is 5.43. The third-order valence-electron chi connectivity index (χ3n) is 1.04. The Morgan fingerprint density at radius 1 is 1.67 bits per heavy atom. The van der Waals surface area contributed by atoms with Crippen LogP contribution >= 0.6 is 0 Å². The fourth-order valence-electron chi connectivity index (χ4n) is 0.591. The van der Waals surface area contributed by atoms with Gasteiger partial charge in [-0.05, 0) is 0 Å². The zero-order valence-electron chi connectivity index (χ0n) is 6.05. The normalized spacial score (nSPS) is 12.6. The molecule has 0 spiro atoms. The van der Waals surface area contributed by atoms with Crippen molar-refractivity contribution < 1.29 is 18.7 Å². The molecule has 0 radical (unpaired) electrons. The summed E-state index contributed by atoms with van der Waals surface area (Å²) in [5.41, 5.74) is 4.75. The minimum Gasteiger partial charge on any atom is -0.481 e. The summed E-state index contributed by atoms with van der Waals surface area (Å²) < 4.78 is 23.9. The van der Waals surface area contributed by atoms with Crippen LogP contribution in [-0.2, 0) is 4.79 Å². The molecule has 70 valence electrons. The molecule has 0 heterocycles. The van der Waals surface area contributed by atoms with Crippen molar-refractivity contribution in [3.05, 3.63) is 0 Å². The Balaban J connectivity index is 4.04. The van der Waals surface area contributed by atoms with Gasteiger partial charge in [0, 0.05) is 0 Å². The maximum Gasteiger partial charge on any atom is 0.305 e. The lowest BCUT2D eigenvalue weighted by Gasteiger charge is -2.14. The van der Waals surface area contributed by atoms with Gasteiger partial charge in [-0.3, -0.25) is 10.2 Å². The van der Waals surface area contributed by atoms with E-state index in [-0.39, 0.29) is 0 Å². The molecule has 5 nitrogen and oxygen atoms in total. The Morgan fingerprint density at radius 2 is 2.17 bits per heavy atom. The second-order valence-electron chi connectivity index (χ2n) is 2.10. The first-order valence-electron chi connectivity index (χ1n) is 3.04. The van der Waals surface area contributed by atoms with Gasteiger partial charge in [0.15, 0.2) is 5.96 Å². The Morgan fingerprint density at radius 3 is 2.42 bits per heavy atom. The molecule has 5 N–H and O–H groups in total. The number of aliphatic carboxylic acids is 1. The highest BCUT2D eigenvalue weighted by molar-refractivity contribution is 5.76. The molecule has 0 aromatic heterocycles. The van der Waals surface area contributed by atoms with E-state index in [4.69, 9.17) is 16.2 Å². The molecular formula is C5H9F2N3O2. The Bertz CT molecular complexity index is 170. The molecule has 0 bridgehead atoms. The van der Waals surface area contributed by atoms with Gasteiger partial charge in [-0.15, -0.1) is 0 Å². The molecule has 0 aromatic carbocycles. The summed E-state index contributed by atoms with van der Waals surface area (Å²) in [6, 6.07) is -1.60. The summed E-state index contributed by atoms with van der Waals surface area (Å²) in [7, 11) is 0. The average molecular weight is 181 g/mol. The summed E-state index contributed by atoms with van der Waals surface area (Å²) in [6.45, 7) is 0. The number of nitrogens with two attached hydrogens (primary N) is 1. The summed E-state index contributed by atoms with van der Waals surface area (Å²) in [5, 5.41) is 16.6. The molecule has 0 aliphatic carbocycles. The van der Waals surface area contributed by atoms with E-state index in [1.54, 1.807) is 0 Å². The molecule has 0 aliphatic rings. The number of nitrogens with one attached hydrogen (secondary N) is 2. The topological polar surface area (TPSA) is 99.2 Å². The molecule has 0 rings (SSSR count). The molecule has 7 heteroatoms. The highest BCUT2D eigenvalue weighted by atomic mass is 19.3. The standard InChI is InChI=1S/C5H9F2N3O2/c6-4(7)2(1-3(11)12)10-5(8)9/h2,4H,1H2,(H,11,12)(H4,8,9,10). The number of carboxylic acid groups (broad SMARTS) is 1. The second-order valence-corrected chi connectivity index (χ2v) is 2.10. The predicted octanol–water partition coefficient (Wildman–Crippen LogP) is -0.422.